The first kappa shape index (κ1) is 26.2. The first-order chi connectivity index (χ1) is 17.3. The Kier molecular flexibility index (Phi) is 8.64. The molecule has 0 aliphatic carbocycles. The molecule has 1 heterocycles. The molecule has 0 spiro atoms. The van der Waals surface area contributed by atoms with Gasteiger partial charge in [-0.2, -0.15) is 0 Å². The highest BCUT2D eigenvalue weighted by molar-refractivity contribution is 5.98. The maximum Gasteiger partial charge on any atom is 0.325 e. The van der Waals surface area contributed by atoms with Crippen molar-refractivity contribution in [3.05, 3.63) is 95.1 Å². The first-order valence-corrected chi connectivity index (χ1v) is 11.2. The number of nitrogens with zero attached hydrogens (tertiary/aromatic N) is 1. The second kappa shape index (κ2) is 11.9. The monoisotopic (exact) mass is 491 g/mol. The number of fused-ring (bicyclic) bond motifs is 1. The van der Waals surface area contributed by atoms with Crippen LogP contribution in [0.15, 0.2) is 72.8 Å². The highest BCUT2D eigenvalue weighted by Crippen LogP contribution is 2.37. The van der Waals surface area contributed by atoms with Crippen LogP contribution in [0, 0.1) is 0 Å². The van der Waals surface area contributed by atoms with Crippen molar-refractivity contribution >= 4 is 17.8 Å². The van der Waals surface area contributed by atoms with Crippen molar-refractivity contribution < 1.29 is 29.0 Å². The molecule has 0 saturated carbocycles. The zero-order chi connectivity index (χ0) is 26.2. The number of nitrogens with two attached hydrogens (primary N) is 2. The number of methoxy groups -OCH3 is 2. The van der Waals surface area contributed by atoms with Crippen molar-refractivity contribution in [3.8, 4) is 11.5 Å². The van der Waals surface area contributed by atoms with Gasteiger partial charge in [-0.1, -0.05) is 54.6 Å². The molecule has 0 saturated heterocycles. The average molecular weight is 492 g/mol. The van der Waals surface area contributed by atoms with Crippen LogP contribution < -0.4 is 20.9 Å². The molecule has 188 valence electrons. The van der Waals surface area contributed by atoms with Crippen molar-refractivity contribution in [3.63, 3.8) is 0 Å². The fraction of sp³-hybridized carbons (Fsp3) is 0.222. The van der Waals surface area contributed by atoms with E-state index >= 15 is 0 Å². The summed E-state index contributed by atoms with van der Waals surface area (Å²) in [6.45, 7) is 0.446. The third-order valence-electron chi connectivity index (χ3n) is 5.84. The molecule has 0 bridgehead atoms. The molecule has 3 aromatic rings. The minimum atomic E-state index is -1.00. The Bertz CT molecular complexity index is 1230. The van der Waals surface area contributed by atoms with E-state index in [2.05, 4.69) is 0 Å². The van der Waals surface area contributed by atoms with Crippen molar-refractivity contribution in [2.75, 3.05) is 14.2 Å². The number of carboxylic acid groups (broad SMARTS) is 1. The molecule has 1 aliphatic rings. The van der Waals surface area contributed by atoms with Crippen LogP contribution in [0.1, 0.15) is 45.6 Å². The fourth-order valence-corrected chi connectivity index (χ4v) is 3.99. The Morgan fingerprint density at radius 1 is 0.944 bits per heavy atom. The normalized spacial score (nSPS) is 13.6. The Balaban J connectivity index is 0.000000275. The molecule has 0 aromatic heterocycles. The average Bonchev–Trinajstić information content (AvgIpc) is 3.23. The van der Waals surface area contributed by atoms with Crippen molar-refractivity contribution in [2.24, 2.45) is 11.5 Å². The summed E-state index contributed by atoms with van der Waals surface area (Å²) in [4.78, 5) is 36.5. The highest BCUT2D eigenvalue weighted by atomic mass is 16.5. The number of ether oxygens (including phenoxy) is 2. The Morgan fingerprint density at radius 2 is 1.58 bits per heavy atom. The number of carbonyl (C=O) groups is 3. The van der Waals surface area contributed by atoms with Crippen LogP contribution in [0.25, 0.3) is 0 Å². The third-order valence-corrected chi connectivity index (χ3v) is 5.84. The number of primary amides is 1. The summed E-state index contributed by atoms with van der Waals surface area (Å²) in [6.07, 6.45) is 0.0369. The lowest BCUT2D eigenvalue weighted by Gasteiger charge is -2.28. The molecule has 2 unspecified atom stereocenters. The van der Waals surface area contributed by atoms with Gasteiger partial charge in [-0.25, -0.2) is 0 Å². The third kappa shape index (κ3) is 6.00. The van der Waals surface area contributed by atoms with E-state index in [0.29, 0.717) is 29.2 Å². The van der Waals surface area contributed by atoms with E-state index in [-0.39, 0.29) is 12.3 Å². The zero-order valence-corrected chi connectivity index (χ0v) is 20.1. The zero-order valence-electron chi connectivity index (χ0n) is 20.1. The van der Waals surface area contributed by atoms with Gasteiger partial charge in [-0.3, -0.25) is 14.4 Å². The van der Waals surface area contributed by atoms with Gasteiger partial charge >= 0.3 is 5.97 Å². The maximum atomic E-state index is 12.8. The summed E-state index contributed by atoms with van der Waals surface area (Å²) in [5.74, 6) is -0.449. The summed E-state index contributed by atoms with van der Waals surface area (Å²) >= 11 is 0. The molecular weight excluding hydrogens is 462 g/mol. The standard InChI is InChI=1S/C19H20N2O4.C8H9NO2/c1-24-16-8-7-12(9-17(16)25-2)15(10-18(20)22)21-11-13-5-3-4-6-14(13)19(21)23;9-7(8(10)11)6-4-2-1-3-5-6/h3-9,15H,10-11H2,1-2H3,(H2,20,22);1-5,7H,9H2,(H,10,11). The number of benzene rings is 3. The summed E-state index contributed by atoms with van der Waals surface area (Å²) in [5, 5.41) is 8.51. The van der Waals surface area contributed by atoms with Crippen LogP contribution >= 0.6 is 0 Å². The minimum Gasteiger partial charge on any atom is -0.493 e. The van der Waals surface area contributed by atoms with E-state index in [0.717, 1.165) is 11.1 Å². The van der Waals surface area contributed by atoms with Crippen molar-refractivity contribution in [2.45, 2.75) is 25.0 Å². The Labute approximate surface area is 209 Å². The van der Waals surface area contributed by atoms with Crippen molar-refractivity contribution in [1.29, 1.82) is 0 Å². The lowest BCUT2D eigenvalue weighted by atomic mass is 10.0. The number of amides is 2. The van der Waals surface area contributed by atoms with Crippen LogP contribution in [0.5, 0.6) is 11.5 Å². The summed E-state index contributed by atoms with van der Waals surface area (Å²) < 4.78 is 10.6. The van der Waals surface area contributed by atoms with Gasteiger partial charge in [0.1, 0.15) is 6.04 Å². The van der Waals surface area contributed by atoms with Crippen LogP contribution in [0.3, 0.4) is 0 Å². The molecule has 36 heavy (non-hydrogen) atoms. The number of aliphatic carboxylic acids is 1. The first-order valence-electron chi connectivity index (χ1n) is 11.2. The molecule has 2 atom stereocenters. The lowest BCUT2D eigenvalue weighted by Crippen LogP contribution is -2.32. The number of hydrogen-bond donors (Lipinski definition) is 3. The largest absolute Gasteiger partial charge is 0.493 e. The number of rotatable bonds is 8. The quantitative estimate of drug-likeness (QED) is 0.439. The van der Waals surface area contributed by atoms with Gasteiger partial charge in [0, 0.05) is 12.1 Å². The molecular formula is C27H29N3O6. The van der Waals surface area contributed by atoms with Gasteiger partial charge in [0.2, 0.25) is 5.91 Å². The van der Waals surface area contributed by atoms with E-state index in [4.69, 9.17) is 26.0 Å². The second-order valence-corrected chi connectivity index (χ2v) is 8.12. The molecule has 5 N–H and O–H groups in total. The summed E-state index contributed by atoms with van der Waals surface area (Å²) in [6, 6.07) is 20.2. The fourth-order valence-electron chi connectivity index (χ4n) is 3.99. The van der Waals surface area contributed by atoms with E-state index in [1.165, 1.54) is 0 Å². The second-order valence-electron chi connectivity index (χ2n) is 8.12. The smallest absolute Gasteiger partial charge is 0.325 e. The van der Waals surface area contributed by atoms with Gasteiger partial charge in [0.25, 0.3) is 5.91 Å². The predicted octanol–water partition coefficient (Wildman–Crippen LogP) is 3.05. The maximum absolute atomic E-state index is 12.8. The van der Waals surface area contributed by atoms with Gasteiger partial charge in [-0.15, -0.1) is 0 Å². The van der Waals surface area contributed by atoms with Crippen LogP contribution in [0.2, 0.25) is 0 Å². The molecule has 2 amide bonds. The van der Waals surface area contributed by atoms with Gasteiger partial charge < -0.3 is 30.9 Å². The predicted molar refractivity (Wildman–Crippen MR) is 133 cm³/mol. The van der Waals surface area contributed by atoms with E-state index in [9.17, 15) is 14.4 Å². The van der Waals surface area contributed by atoms with E-state index in [1.54, 1.807) is 61.6 Å². The number of carbonyl (C=O) groups excluding carboxylic acids is 2. The number of hydrogen-bond acceptors (Lipinski definition) is 6. The van der Waals surface area contributed by atoms with Crippen LogP contribution in [-0.4, -0.2) is 42.0 Å². The van der Waals surface area contributed by atoms with Gasteiger partial charge in [-0.05, 0) is 34.9 Å². The molecule has 4 rings (SSSR count). The molecule has 0 radical (unpaired) electrons. The molecule has 0 fully saturated rings. The Hall–Kier alpha value is -4.37. The van der Waals surface area contributed by atoms with Gasteiger partial charge in [0.15, 0.2) is 11.5 Å². The molecule has 3 aromatic carbocycles. The summed E-state index contributed by atoms with van der Waals surface area (Å²) in [5.41, 5.74) is 13.8. The van der Waals surface area contributed by atoms with E-state index < -0.39 is 24.0 Å². The lowest BCUT2D eigenvalue weighted by molar-refractivity contribution is -0.138. The summed E-state index contributed by atoms with van der Waals surface area (Å²) in [7, 11) is 3.10. The van der Waals surface area contributed by atoms with E-state index in [1.807, 2.05) is 30.3 Å². The number of carboxylic acids is 1. The van der Waals surface area contributed by atoms with Crippen LogP contribution in [0.4, 0.5) is 0 Å². The molecule has 9 heteroatoms. The molecule has 1 aliphatic heterocycles. The highest BCUT2D eigenvalue weighted by Gasteiger charge is 2.34. The Morgan fingerprint density at radius 3 is 2.17 bits per heavy atom. The minimum absolute atomic E-state index is 0.0369. The van der Waals surface area contributed by atoms with Crippen molar-refractivity contribution in [1.82, 2.24) is 4.90 Å². The SMILES string of the molecule is COc1ccc(C(CC(N)=O)N2Cc3ccccc3C2=O)cc1OC.NC(C(=O)O)c1ccccc1. The van der Waals surface area contributed by atoms with Gasteiger partial charge in [0.05, 0.1) is 26.7 Å². The molecule has 9 nitrogen and oxygen atoms in total. The topological polar surface area (TPSA) is 145 Å². The van der Waals surface area contributed by atoms with Crippen LogP contribution in [-0.2, 0) is 16.1 Å².